The number of carbonyl (C=O) groups is 2. The van der Waals surface area contributed by atoms with Crippen LogP contribution in [0.1, 0.15) is 34.2 Å². The fourth-order valence-corrected chi connectivity index (χ4v) is 3.44. The van der Waals surface area contributed by atoms with Crippen molar-refractivity contribution in [3.8, 4) is 11.3 Å². The zero-order chi connectivity index (χ0) is 23.4. The smallest absolute Gasteiger partial charge is 0.268 e. The topological polar surface area (TPSA) is 106 Å². The second-order valence-corrected chi connectivity index (χ2v) is 7.70. The molecule has 4 aromatic rings. The van der Waals surface area contributed by atoms with Crippen LogP contribution in [-0.4, -0.2) is 26.6 Å². The van der Waals surface area contributed by atoms with Crippen molar-refractivity contribution in [1.29, 1.82) is 0 Å². The lowest BCUT2D eigenvalue weighted by molar-refractivity contribution is 0.0843. The van der Waals surface area contributed by atoms with Crippen LogP contribution in [0, 0.1) is 0 Å². The Kier molecular flexibility index (Phi) is 6.46. The molecule has 2 heterocycles. The molecular weight excluding hydrogens is 442 g/mol. The van der Waals surface area contributed by atoms with Crippen molar-refractivity contribution in [1.82, 2.24) is 25.6 Å². The third-order valence-corrected chi connectivity index (χ3v) is 5.18. The van der Waals surface area contributed by atoms with Crippen LogP contribution in [0.25, 0.3) is 22.2 Å². The molecule has 0 unspecified atom stereocenters. The molecule has 4 rings (SSSR count). The van der Waals surface area contributed by atoms with E-state index in [2.05, 4.69) is 20.9 Å². The van der Waals surface area contributed by atoms with Crippen LogP contribution in [0.4, 0.5) is 0 Å². The molecule has 0 saturated carbocycles. The predicted molar refractivity (Wildman–Crippen MR) is 126 cm³/mol. The summed E-state index contributed by atoms with van der Waals surface area (Å²) in [5, 5.41) is 5.28. The quantitative estimate of drug-likeness (QED) is 0.442. The van der Waals surface area contributed by atoms with Crippen LogP contribution >= 0.6 is 11.6 Å². The van der Waals surface area contributed by atoms with E-state index in [1.54, 1.807) is 24.3 Å². The maximum atomic E-state index is 13.0. The van der Waals surface area contributed by atoms with Crippen molar-refractivity contribution in [2.45, 2.75) is 19.9 Å². The molecule has 0 radical (unpaired) electrons. The zero-order valence-electron chi connectivity index (χ0n) is 17.7. The van der Waals surface area contributed by atoms with E-state index in [1.807, 2.05) is 37.3 Å². The number of hydrogen-bond donors (Lipinski definition) is 2. The van der Waals surface area contributed by atoms with Crippen LogP contribution in [0.2, 0.25) is 5.02 Å². The van der Waals surface area contributed by atoms with Gasteiger partial charge in [-0.1, -0.05) is 48.9 Å². The van der Waals surface area contributed by atoms with Crippen molar-refractivity contribution in [2.75, 3.05) is 0 Å². The van der Waals surface area contributed by atoms with Gasteiger partial charge in [0.25, 0.3) is 17.4 Å². The highest BCUT2D eigenvalue weighted by Gasteiger charge is 2.16. The first kappa shape index (κ1) is 22.2. The number of benzene rings is 2. The molecule has 166 valence electrons. The number of nitrogens with zero attached hydrogens (tertiary/aromatic N) is 3. The highest BCUT2D eigenvalue weighted by Crippen LogP contribution is 2.25. The second kappa shape index (κ2) is 9.62. The number of rotatable bonds is 5. The summed E-state index contributed by atoms with van der Waals surface area (Å²) >= 11 is 5.98. The first-order chi connectivity index (χ1) is 16.0. The van der Waals surface area contributed by atoms with Gasteiger partial charge in [0.05, 0.1) is 16.8 Å². The minimum absolute atomic E-state index is 0.0183. The Labute approximate surface area is 194 Å². The van der Waals surface area contributed by atoms with E-state index in [-0.39, 0.29) is 11.3 Å². The predicted octanol–water partition coefficient (Wildman–Crippen LogP) is 3.60. The summed E-state index contributed by atoms with van der Waals surface area (Å²) in [6.07, 6.45) is 0.694. The molecule has 0 aliphatic heterocycles. The van der Waals surface area contributed by atoms with Crippen LogP contribution in [-0.2, 0) is 6.54 Å². The molecule has 0 atom stereocenters. The Hall–Kier alpha value is -4.04. The van der Waals surface area contributed by atoms with Gasteiger partial charge in [-0.2, -0.15) is 5.10 Å². The van der Waals surface area contributed by atoms with Crippen molar-refractivity contribution in [3.05, 3.63) is 93.4 Å². The van der Waals surface area contributed by atoms with Crippen molar-refractivity contribution in [2.24, 2.45) is 0 Å². The Morgan fingerprint density at radius 1 is 0.970 bits per heavy atom. The van der Waals surface area contributed by atoms with E-state index in [1.165, 1.54) is 16.8 Å². The summed E-state index contributed by atoms with van der Waals surface area (Å²) in [4.78, 5) is 42.0. The highest BCUT2D eigenvalue weighted by atomic mass is 35.5. The average molecular weight is 462 g/mol. The minimum Gasteiger partial charge on any atom is -0.268 e. The van der Waals surface area contributed by atoms with E-state index in [4.69, 9.17) is 11.6 Å². The number of amides is 2. The summed E-state index contributed by atoms with van der Waals surface area (Å²) in [5.74, 6) is -1.15. The lowest BCUT2D eigenvalue weighted by atomic mass is 10.0. The molecular formula is C24H20ClN5O3. The van der Waals surface area contributed by atoms with Crippen LogP contribution in [0.5, 0.6) is 0 Å². The maximum Gasteiger partial charge on any atom is 0.290 e. The van der Waals surface area contributed by atoms with Gasteiger partial charge in [0.15, 0.2) is 5.69 Å². The largest absolute Gasteiger partial charge is 0.290 e. The van der Waals surface area contributed by atoms with Crippen LogP contribution < -0.4 is 16.4 Å². The van der Waals surface area contributed by atoms with E-state index in [0.29, 0.717) is 40.1 Å². The first-order valence-electron chi connectivity index (χ1n) is 10.3. The number of hydrogen-bond acceptors (Lipinski definition) is 5. The van der Waals surface area contributed by atoms with Gasteiger partial charge in [-0.3, -0.25) is 25.2 Å². The molecule has 0 aliphatic carbocycles. The van der Waals surface area contributed by atoms with E-state index >= 15 is 0 Å². The number of hydrazine groups is 1. The average Bonchev–Trinajstić information content (AvgIpc) is 2.83. The van der Waals surface area contributed by atoms with Gasteiger partial charge in [0.1, 0.15) is 0 Å². The molecule has 2 aromatic heterocycles. The standard InChI is InChI=1S/C24H20ClN5O3/c1-2-13-30-22(31)12-11-20(29-30)24(33)28-27-23(32)18-14-21(15-7-9-16(25)10-8-15)26-19-6-4-3-5-17(18)19/h3-12,14H,2,13H2,1H3,(H,27,32)(H,28,33). The molecule has 0 spiro atoms. The number of para-hydroxylation sites is 1. The first-order valence-corrected chi connectivity index (χ1v) is 10.7. The Balaban J connectivity index is 1.60. The molecule has 0 saturated heterocycles. The normalized spacial score (nSPS) is 10.7. The van der Waals surface area contributed by atoms with Crippen LogP contribution in [0.15, 0.2) is 71.5 Å². The molecule has 2 amide bonds. The third-order valence-electron chi connectivity index (χ3n) is 4.93. The number of aryl methyl sites for hydroxylation is 1. The lowest BCUT2D eigenvalue weighted by Crippen LogP contribution is -2.42. The van der Waals surface area contributed by atoms with Gasteiger partial charge in [-0.05, 0) is 36.8 Å². The van der Waals surface area contributed by atoms with Gasteiger partial charge in [-0.25, -0.2) is 9.67 Å². The maximum absolute atomic E-state index is 13.0. The second-order valence-electron chi connectivity index (χ2n) is 7.27. The molecule has 0 bridgehead atoms. The van der Waals surface area contributed by atoms with Gasteiger partial charge in [0, 0.05) is 28.6 Å². The number of aromatic nitrogens is 3. The Morgan fingerprint density at radius 2 is 1.70 bits per heavy atom. The fourth-order valence-electron chi connectivity index (χ4n) is 3.32. The molecule has 0 fully saturated rings. The summed E-state index contributed by atoms with van der Waals surface area (Å²) < 4.78 is 1.21. The highest BCUT2D eigenvalue weighted by molar-refractivity contribution is 6.30. The SMILES string of the molecule is CCCn1nc(C(=O)NNC(=O)c2cc(-c3ccc(Cl)cc3)nc3ccccc23)ccc1=O. The minimum atomic E-state index is -0.635. The monoisotopic (exact) mass is 461 g/mol. The number of fused-ring (bicyclic) bond motifs is 1. The van der Waals surface area contributed by atoms with Crippen molar-refractivity contribution >= 4 is 34.3 Å². The fraction of sp³-hybridized carbons (Fsp3) is 0.125. The molecule has 0 aliphatic rings. The number of carbonyl (C=O) groups excluding carboxylic acids is 2. The lowest BCUT2D eigenvalue weighted by Gasteiger charge is -2.12. The summed E-state index contributed by atoms with van der Waals surface area (Å²) in [5.41, 5.74) is 6.88. The third kappa shape index (κ3) is 4.91. The molecule has 33 heavy (non-hydrogen) atoms. The summed E-state index contributed by atoms with van der Waals surface area (Å²) in [6, 6.07) is 18.6. The Morgan fingerprint density at radius 3 is 2.45 bits per heavy atom. The van der Waals surface area contributed by atoms with Gasteiger partial charge in [-0.15, -0.1) is 0 Å². The summed E-state index contributed by atoms with van der Waals surface area (Å²) in [6.45, 7) is 2.29. The van der Waals surface area contributed by atoms with Gasteiger partial charge in [0.2, 0.25) is 0 Å². The van der Waals surface area contributed by atoms with E-state index < -0.39 is 11.8 Å². The van der Waals surface area contributed by atoms with Crippen molar-refractivity contribution < 1.29 is 9.59 Å². The number of halogens is 1. The van der Waals surface area contributed by atoms with Gasteiger partial charge < -0.3 is 0 Å². The van der Waals surface area contributed by atoms with Crippen molar-refractivity contribution in [3.63, 3.8) is 0 Å². The number of pyridine rings is 1. The summed E-state index contributed by atoms with van der Waals surface area (Å²) in [7, 11) is 0. The molecule has 2 aromatic carbocycles. The molecule has 2 N–H and O–H groups in total. The van der Waals surface area contributed by atoms with E-state index in [0.717, 1.165) is 5.56 Å². The van der Waals surface area contributed by atoms with Gasteiger partial charge >= 0.3 is 0 Å². The van der Waals surface area contributed by atoms with E-state index in [9.17, 15) is 14.4 Å². The Bertz CT molecular complexity index is 1400. The molecule has 9 heteroatoms. The molecule has 8 nitrogen and oxygen atoms in total. The van der Waals surface area contributed by atoms with Crippen LogP contribution in [0.3, 0.4) is 0 Å². The number of nitrogens with one attached hydrogen (secondary N) is 2. The zero-order valence-corrected chi connectivity index (χ0v) is 18.5.